The van der Waals surface area contributed by atoms with Crippen molar-refractivity contribution in [3.8, 4) is 11.3 Å². The molecule has 4 rings (SSSR count). The van der Waals surface area contributed by atoms with Crippen LogP contribution >= 0.6 is 0 Å². The number of hydrogen-bond acceptors (Lipinski definition) is 6. The number of nitrogens with zero attached hydrogens (tertiary/aromatic N) is 3. The van der Waals surface area contributed by atoms with Crippen LogP contribution in [-0.2, 0) is 6.54 Å². The largest absolute Gasteiger partial charge is 0.436 e. The fraction of sp³-hybridized carbons (Fsp3) is 0.333. The molecule has 2 aromatic heterocycles. The van der Waals surface area contributed by atoms with E-state index >= 15 is 0 Å². The van der Waals surface area contributed by atoms with Crippen LogP contribution in [0.5, 0.6) is 0 Å². The van der Waals surface area contributed by atoms with E-state index in [4.69, 9.17) is 4.42 Å². The normalized spacial score (nSPS) is 13.4. The number of amides is 2. The van der Waals surface area contributed by atoms with Crippen molar-refractivity contribution in [2.45, 2.75) is 46.3 Å². The number of aromatic nitrogens is 2. The maximum atomic E-state index is 13.0. The summed E-state index contributed by atoms with van der Waals surface area (Å²) in [5.74, 6) is -0.0188. The molecular weight excluding hydrogens is 408 g/mol. The summed E-state index contributed by atoms with van der Waals surface area (Å²) in [4.78, 5) is 35.9. The number of carbonyl (C=O) groups is 2. The Morgan fingerprint density at radius 1 is 1.19 bits per heavy atom. The number of carbonyl (C=O) groups excluding carboxylic acids is 2. The summed E-state index contributed by atoms with van der Waals surface area (Å²) >= 11 is 0. The van der Waals surface area contributed by atoms with Crippen molar-refractivity contribution in [3.63, 3.8) is 0 Å². The lowest BCUT2D eigenvalue weighted by Crippen LogP contribution is -2.31. The Balaban J connectivity index is 1.70. The van der Waals surface area contributed by atoms with Crippen LogP contribution in [0.4, 0.5) is 5.69 Å². The number of rotatable bonds is 6. The molecule has 0 aliphatic carbocycles. The van der Waals surface area contributed by atoms with E-state index < -0.39 is 11.5 Å². The van der Waals surface area contributed by atoms with Crippen LogP contribution in [0.25, 0.3) is 11.3 Å². The fourth-order valence-electron chi connectivity index (χ4n) is 3.60. The number of aliphatic hydroxyl groups is 1. The molecule has 8 nitrogen and oxygen atoms in total. The quantitative estimate of drug-likeness (QED) is 0.612. The van der Waals surface area contributed by atoms with E-state index in [0.717, 1.165) is 11.1 Å². The van der Waals surface area contributed by atoms with Gasteiger partial charge in [0, 0.05) is 37.3 Å². The Labute approximate surface area is 186 Å². The van der Waals surface area contributed by atoms with Crippen LogP contribution in [-0.4, -0.2) is 43.9 Å². The molecule has 0 radical (unpaired) electrons. The molecule has 1 aliphatic heterocycles. The minimum atomic E-state index is -0.861. The van der Waals surface area contributed by atoms with Gasteiger partial charge in [-0.1, -0.05) is 6.07 Å². The third kappa shape index (κ3) is 4.55. The minimum Gasteiger partial charge on any atom is -0.436 e. The lowest BCUT2D eigenvalue weighted by atomic mass is 10.0. The lowest BCUT2D eigenvalue weighted by molar-refractivity contribution is 0.0517. The topological polar surface area (TPSA) is 109 Å². The van der Waals surface area contributed by atoms with Crippen molar-refractivity contribution in [2.24, 2.45) is 0 Å². The molecular formula is C24H26N4O4. The van der Waals surface area contributed by atoms with Crippen molar-refractivity contribution in [2.75, 3.05) is 11.9 Å². The molecule has 0 fully saturated rings. The molecule has 0 saturated heterocycles. The van der Waals surface area contributed by atoms with E-state index in [0.29, 0.717) is 47.9 Å². The number of pyridine rings is 1. The van der Waals surface area contributed by atoms with Crippen molar-refractivity contribution < 1.29 is 19.1 Å². The second-order valence-electron chi connectivity index (χ2n) is 8.76. The Morgan fingerprint density at radius 3 is 2.59 bits per heavy atom. The smallest absolute Gasteiger partial charge is 0.293 e. The van der Waals surface area contributed by atoms with E-state index in [-0.39, 0.29) is 11.7 Å². The summed E-state index contributed by atoms with van der Waals surface area (Å²) < 4.78 is 5.34. The molecule has 3 aromatic rings. The molecule has 1 aliphatic rings. The summed E-state index contributed by atoms with van der Waals surface area (Å²) in [5.41, 5.74) is 3.36. The third-order valence-electron chi connectivity index (χ3n) is 5.40. The van der Waals surface area contributed by atoms with Crippen LogP contribution in [0.3, 0.4) is 0 Å². The molecule has 0 unspecified atom stereocenters. The number of hydrogen-bond donors (Lipinski definition) is 2. The molecule has 8 heteroatoms. The number of oxazole rings is 1. The summed E-state index contributed by atoms with van der Waals surface area (Å²) in [6.07, 6.45) is 3.59. The number of anilines is 1. The van der Waals surface area contributed by atoms with Crippen LogP contribution < -0.4 is 5.32 Å². The molecule has 0 spiro atoms. The SMILES string of the molecule is Cc1ccc(-c2cc3c(cc2NC(=O)c2cnc(C)o2)CN(CCC(C)(C)O)C3=O)nc1. The molecule has 166 valence electrons. The molecule has 0 atom stereocenters. The average molecular weight is 434 g/mol. The summed E-state index contributed by atoms with van der Waals surface area (Å²) in [5, 5.41) is 12.9. The zero-order valence-corrected chi connectivity index (χ0v) is 18.6. The van der Waals surface area contributed by atoms with E-state index in [9.17, 15) is 14.7 Å². The summed E-state index contributed by atoms with van der Waals surface area (Å²) in [7, 11) is 0. The van der Waals surface area contributed by atoms with Crippen LogP contribution in [0.15, 0.2) is 41.1 Å². The van der Waals surface area contributed by atoms with Gasteiger partial charge in [-0.2, -0.15) is 0 Å². The molecule has 3 heterocycles. The number of fused-ring (bicyclic) bond motifs is 1. The molecule has 0 saturated carbocycles. The van der Waals surface area contributed by atoms with Gasteiger partial charge in [0.05, 0.1) is 23.2 Å². The van der Waals surface area contributed by atoms with Crippen molar-refractivity contribution in [3.05, 3.63) is 65.0 Å². The highest BCUT2D eigenvalue weighted by molar-refractivity contribution is 6.06. The van der Waals surface area contributed by atoms with Gasteiger partial charge in [0.25, 0.3) is 11.8 Å². The van der Waals surface area contributed by atoms with Gasteiger partial charge in [-0.3, -0.25) is 14.6 Å². The zero-order chi connectivity index (χ0) is 23.0. The molecule has 1 aromatic carbocycles. The molecule has 32 heavy (non-hydrogen) atoms. The van der Waals surface area contributed by atoms with Gasteiger partial charge in [-0.05, 0) is 56.5 Å². The van der Waals surface area contributed by atoms with Crippen LogP contribution in [0, 0.1) is 13.8 Å². The molecule has 2 N–H and O–H groups in total. The monoisotopic (exact) mass is 434 g/mol. The molecule has 2 amide bonds. The predicted octanol–water partition coefficient (Wildman–Crippen LogP) is 3.72. The second-order valence-corrected chi connectivity index (χ2v) is 8.76. The number of benzene rings is 1. The lowest BCUT2D eigenvalue weighted by Gasteiger charge is -2.22. The maximum Gasteiger partial charge on any atom is 0.293 e. The van der Waals surface area contributed by atoms with E-state index in [1.165, 1.54) is 6.20 Å². The van der Waals surface area contributed by atoms with Gasteiger partial charge >= 0.3 is 0 Å². The summed E-state index contributed by atoms with van der Waals surface area (Å²) in [6, 6.07) is 7.38. The van der Waals surface area contributed by atoms with Gasteiger partial charge in [-0.25, -0.2) is 4.98 Å². The van der Waals surface area contributed by atoms with Crippen molar-refractivity contribution in [1.29, 1.82) is 0 Å². The third-order valence-corrected chi connectivity index (χ3v) is 5.40. The highest BCUT2D eigenvalue weighted by Gasteiger charge is 2.30. The van der Waals surface area contributed by atoms with E-state index in [1.807, 2.05) is 25.1 Å². The van der Waals surface area contributed by atoms with Gasteiger partial charge < -0.3 is 19.7 Å². The summed E-state index contributed by atoms with van der Waals surface area (Å²) in [6.45, 7) is 7.91. The van der Waals surface area contributed by atoms with Crippen LogP contribution in [0.2, 0.25) is 0 Å². The first-order valence-electron chi connectivity index (χ1n) is 10.5. The first kappa shape index (κ1) is 21.7. The fourth-order valence-corrected chi connectivity index (χ4v) is 3.60. The Kier molecular flexibility index (Phi) is 5.56. The number of aryl methyl sites for hydroxylation is 2. The standard InChI is InChI=1S/C24H26N4O4/c1-14-5-6-19(26-11-14)18-10-17-16(13-28(23(17)30)8-7-24(3,4)31)9-20(18)27-22(29)21-12-25-15(2)32-21/h5-6,9-12,31H,7-8,13H2,1-4H3,(H,27,29). The number of nitrogens with one attached hydrogen (secondary N) is 1. The van der Waals surface area contributed by atoms with Crippen molar-refractivity contribution >= 4 is 17.5 Å². The Hall–Kier alpha value is -3.52. The predicted molar refractivity (Wildman–Crippen MR) is 119 cm³/mol. The highest BCUT2D eigenvalue weighted by Crippen LogP contribution is 2.35. The maximum absolute atomic E-state index is 13.0. The van der Waals surface area contributed by atoms with Crippen LogP contribution in [0.1, 0.15) is 58.2 Å². The van der Waals surface area contributed by atoms with Gasteiger partial charge in [-0.15, -0.1) is 0 Å². The van der Waals surface area contributed by atoms with Crippen molar-refractivity contribution in [1.82, 2.24) is 14.9 Å². The molecule has 0 bridgehead atoms. The van der Waals surface area contributed by atoms with Gasteiger partial charge in [0.1, 0.15) is 0 Å². The Bertz CT molecular complexity index is 1180. The highest BCUT2D eigenvalue weighted by atomic mass is 16.4. The minimum absolute atomic E-state index is 0.0960. The first-order chi connectivity index (χ1) is 15.1. The van der Waals surface area contributed by atoms with E-state index in [1.54, 1.807) is 37.9 Å². The zero-order valence-electron chi connectivity index (χ0n) is 18.6. The average Bonchev–Trinajstić information content (AvgIpc) is 3.29. The van der Waals surface area contributed by atoms with E-state index in [2.05, 4.69) is 15.3 Å². The van der Waals surface area contributed by atoms with Gasteiger partial charge in [0.15, 0.2) is 5.89 Å². The second kappa shape index (κ2) is 8.20. The van der Waals surface area contributed by atoms with Gasteiger partial charge in [0.2, 0.25) is 5.76 Å². The first-order valence-corrected chi connectivity index (χ1v) is 10.5. The Morgan fingerprint density at radius 2 is 1.97 bits per heavy atom.